The Morgan fingerprint density at radius 2 is 1.41 bits per heavy atom. The Morgan fingerprint density at radius 3 is 2.22 bits per heavy atom. The third kappa shape index (κ3) is 2.22. The normalized spacial score (nSPS) is 11.9. The van der Waals surface area contributed by atoms with E-state index in [0.29, 0.717) is 0 Å². The molecule has 4 aromatic carbocycles. The molecule has 0 atom stereocenters. The van der Waals surface area contributed by atoms with Crippen molar-refractivity contribution in [2.24, 2.45) is 0 Å². The third-order valence-corrected chi connectivity index (χ3v) is 6.48. The molecule has 0 saturated heterocycles. The van der Waals surface area contributed by atoms with E-state index >= 15 is 0 Å². The zero-order valence-corrected chi connectivity index (χ0v) is 17.2. The molecule has 6 aromatic rings. The summed E-state index contributed by atoms with van der Waals surface area (Å²) >= 11 is 0. The quantitative estimate of drug-likeness (QED) is 0.311. The number of benzene rings is 4. The van der Waals surface area contributed by atoms with Crippen molar-refractivity contribution >= 4 is 21.7 Å². The highest BCUT2D eigenvalue weighted by atomic mass is 16.3. The molecule has 0 aliphatic heterocycles. The van der Waals surface area contributed by atoms with Gasteiger partial charge in [0, 0.05) is 28.8 Å². The molecule has 0 unspecified atom stereocenters. The summed E-state index contributed by atoms with van der Waals surface area (Å²) in [7, 11) is 0. The molecule has 1 aliphatic carbocycles. The van der Waals surface area contributed by atoms with Gasteiger partial charge in [-0.3, -0.25) is 4.57 Å². The lowest BCUT2D eigenvalue weighted by Crippen LogP contribution is -2.00. The summed E-state index contributed by atoms with van der Waals surface area (Å²) in [6.45, 7) is 0. The van der Waals surface area contributed by atoms with Crippen LogP contribution in [0.4, 0.5) is 0 Å². The van der Waals surface area contributed by atoms with Crippen molar-refractivity contribution in [3.05, 3.63) is 103 Å². The summed E-state index contributed by atoms with van der Waals surface area (Å²) in [6.07, 6.45) is 1.81. The summed E-state index contributed by atoms with van der Waals surface area (Å²) in [5, 5.41) is 14.0. The smallest absolute Gasteiger partial charge is 0.137 e. The zero-order valence-electron chi connectivity index (χ0n) is 17.2. The predicted octanol–water partition coefficient (Wildman–Crippen LogP) is 7.20. The van der Waals surface area contributed by atoms with Gasteiger partial charge in [0.2, 0.25) is 0 Å². The first-order chi connectivity index (χ1) is 15.8. The average molecular weight is 410 g/mol. The lowest BCUT2D eigenvalue weighted by Gasteiger charge is -2.14. The van der Waals surface area contributed by atoms with Crippen molar-refractivity contribution in [2.75, 3.05) is 0 Å². The number of aromatic nitrogens is 2. The van der Waals surface area contributed by atoms with Gasteiger partial charge in [0.1, 0.15) is 11.6 Å². The van der Waals surface area contributed by atoms with Crippen LogP contribution < -0.4 is 0 Å². The van der Waals surface area contributed by atoms with Crippen molar-refractivity contribution < 1.29 is 5.11 Å². The highest BCUT2D eigenvalue weighted by Gasteiger charge is 2.28. The number of phenolic OH excluding ortho intramolecular Hbond substituents is 1. The van der Waals surface area contributed by atoms with E-state index in [9.17, 15) is 5.11 Å². The van der Waals surface area contributed by atoms with Crippen LogP contribution in [0.1, 0.15) is 0 Å². The molecule has 2 aromatic heterocycles. The third-order valence-electron chi connectivity index (χ3n) is 6.48. The summed E-state index contributed by atoms with van der Waals surface area (Å²) in [6, 6.07) is 33.2. The van der Waals surface area contributed by atoms with Gasteiger partial charge < -0.3 is 5.11 Å². The van der Waals surface area contributed by atoms with E-state index in [0.717, 1.165) is 28.0 Å². The van der Waals surface area contributed by atoms with E-state index in [2.05, 4.69) is 65.2 Å². The van der Waals surface area contributed by atoms with Gasteiger partial charge in [0.25, 0.3) is 0 Å². The van der Waals surface area contributed by atoms with Crippen molar-refractivity contribution in [1.82, 2.24) is 9.55 Å². The number of pyridine rings is 1. The molecule has 1 N–H and O–H groups in total. The second-order valence-electron chi connectivity index (χ2n) is 8.20. The fourth-order valence-electron chi connectivity index (χ4n) is 5.23. The Hall–Kier alpha value is -4.37. The van der Waals surface area contributed by atoms with Gasteiger partial charge in [-0.15, -0.1) is 0 Å². The fraction of sp³-hybridized carbons (Fsp3) is 0. The zero-order chi connectivity index (χ0) is 21.2. The minimum absolute atomic E-state index is 0.245. The van der Waals surface area contributed by atoms with Gasteiger partial charge in [0.15, 0.2) is 0 Å². The van der Waals surface area contributed by atoms with Crippen LogP contribution in [0.25, 0.3) is 61.0 Å². The first-order valence-electron chi connectivity index (χ1n) is 10.7. The molecule has 0 saturated carbocycles. The van der Waals surface area contributed by atoms with Crippen LogP contribution >= 0.6 is 0 Å². The number of hydrogen-bond donors (Lipinski definition) is 1. The summed E-state index contributed by atoms with van der Waals surface area (Å²) < 4.78 is 2.19. The molecule has 0 bridgehead atoms. The number of nitrogens with zero attached hydrogens (tertiary/aromatic N) is 2. The predicted molar refractivity (Wildman–Crippen MR) is 130 cm³/mol. The Balaban J connectivity index is 1.80. The number of fused-ring (bicyclic) bond motifs is 7. The van der Waals surface area contributed by atoms with Crippen molar-refractivity contribution in [3.63, 3.8) is 0 Å². The molecular formula is C29H18N2O. The monoisotopic (exact) mass is 410 g/mol. The second kappa shape index (κ2) is 6.32. The Morgan fingerprint density at radius 1 is 0.656 bits per heavy atom. The van der Waals surface area contributed by atoms with Crippen LogP contribution in [0.15, 0.2) is 103 Å². The Kier molecular flexibility index (Phi) is 3.42. The molecule has 150 valence electrons. The fourth-order valence-corrected chi connectivity index (χ4v) is 5.23. The maximum atomic E-state index is 10.4. The molecule has 32 heavy (non-hydrogen) atoms. The molecule has 0 spiro atoms. The van der Waals surface area contributed by atoms with Gasteiger partial charge in [-0.25, -0.2) is 4.98 Å². The van der Waals surface area contributed by atoms with E-state index < -0.39 is 0 Å². The van der Waals surface area contributed by atoms with E-state index in [1.165, 1.54) is 33.0 Å². The van der Waals surface area contributed by atoms with E-state index in [4.69, 9.17) is 4.98 Å². The van der Waals surface area contributed by atoms with Crippen LogP contribution in [-0.4, -0.2) is 14.7 Å². The van der Waals surface area contributed by atoms with Gasteiger partial charge in [-0.2, -0.15) is 0 Å². The highest BCUT2D eigenvalue weighted by Crippen LogP contribution is 2.51. The van der Waals surface area contributed by atoms with Crippen LogP contribution in [0, 0.1) is 0 Å². The maximum absolute atomic E-state index is 10.4. The highest BCUT2D eigenvalue weighted by molar-refractivity contribution is 6.19. The lowest BCUT2D eigenvalue weighted by atomic mass is 9.93. The van der Waals surface area contributed by atoms with Crippen molar-refractivity contribution in [2.45, 2.75) is 0 Å². The van der Waals surface area contributed by atoms with Gasteiger partial charge in [-0.1, -0.05) is 66.7 Å². The standard InChI is InChI=1S/C29H18N2O/c32-19-14-15-23-25(17-19)31(26-13-3-4-16-30-26)29-22-10-2-1-9-20(22)21-11-5-7-18-8-6-12-24(27(18)21)28(23)29/h1-17,32H. The number of phenols is 1. The van der Waals surface area contributed by atoms with E-state index in [1.807, 2.05) is 36.5 Å². The van der Waals surface area contributed by atoms with Crippen LogP contribution in [0.3, 0.4) is 0 Å². The molecule has 2 heterocycles. The van der Waals surface area contributed by atoms with Gasteiger partial charge in [-0.05, 0) is 51.7 Å². The first-order valence-corrected chi connectivity index (χ1v) is 10.7. The van der Waals surface area contributed by atoms with Crippen molar-refractivity contribution in [1.29, 1.82) is 0 Å². The molecule has 0 fully saturated rings. The number of aromatic hydroxyl groups is 1. The topological polar surface area (TPSA) is 38.0 Å². The van der Waals surface area contributed by atoms with Crippen molar-refractivity contribution in [3.8, 4) is 45.1 Å². The lowest BCUT2D eigenvalue weighted by molar-refractivity contribution is 0.476. The molecule has 7 rings (SSSR count). The van der Waals surface area contributed by atoms with Crippen LogP contribution in [0.2, 0.25) is 0 Å². The molecule has 3 heteroatoms. The largest absolute Gasteiger partial charge is 0.508 e. The SMILES string of the molecule is Oc1ccc2c3c(n(-c4ccccn4)c2c1)-c1ccccc1-c1cccc2cccc-3c12. The summed E-state index contributed by atoms with van der Waals surface area (Å²) in [5.41, 5.74) is 8.03. The molecular weight excluding hydrogens is 392 g/mol. The van der Waals surface area contributed by atoms with Crippen LogP contribution in [-0.2, 0) is 0 Å². The Labute approximate surface area is 184 Å². The second-order valence-corrected chi connectivity index (χ2v) is 8.20. The number of hydrogen-bond acceptors (Lipinski definition) is 2. The van der Waals surface area contributed by atoms with Gasteiger partial charge >= 0.3 is 0 Å². The summed E-state index contributed by atoms with van der Waals surface area (Å²) in [5.74, 6) is 1.08. The Bertz CT molecular complexity index is 1670. The molecule has 0 radical (unpaired) electrons. The minimum atomic E-state index is 0.245. The van der Waals surface area contributed by atoms with Crippen LogP contribution in [0.5, 0.6) is 5.75 Å². The first kappa shape index (κ1) is 17.3. The van der Waals surface area contributed by atoms with E-state index in [-0.39, 0.29) is 5.75 Å². The van der Waals surface area contributed by atoms with E-state index in [1.54, 1.807) is 6.07 Å². The molecule has 0 amide bonds. The van der Waals surface area contributed by atoms with Gasteiger partial charge in [0.05, 0.1) is 11.2 Å². The summed E-state index contributed by atoms with van der Waals surface area (Å²) in [4.78, 5) is 4.69. The molecule has 1 aliphatic rings. The molecule has 3 nitrogen and oxygen atoms in total. The minimum Gasteiger partial charge on any atom is -0.508 e. The maximum Gasteiger partial charge on any atom is 0.137 e. The average Bonchev–Trinajstić information content (AvgIpc) is 3.11. The number of rotatable bonds is 1.